The fraction of sp³-hybridized carbons (Fsp3) is 0.562. The number of benzene rings is 1. The van der Waals surface area contributed by atoms with E-state index in [4.69, 9.17) is 9.47 Å². The van der Waals surface area contributed by atoms with Gasteiger partial charge in [0.2, 0.25) is 0 Å². The lowest BCUT2D eigenvalue weighted by atomic mass is 9.68. The molecule has 4 heteroatoms. The maximum absolute atomic E-state index is 12.0. The highest BCUT2D eigenvalue weighted by Gasteiger charge is 2.45. The van der Waals surface area contributed by atoms with Gasteiger partial charge >= 0.3 is 5.97 Å². The van der Waals surface area contributed by atoms with E-state index >= 15 is 0 Å². The Morgan fingerprint density at radius 3 is 2.45 bits per heavy atom. The van der Waals surface area contributed by atoms with Crippen molar-refractivity contribution in [1.82, 2.24) is 0 Å². The molecule has 1 fully saturated rings. The molecule has 0 aromatic heterocycles. The van der Waals surface area contributed by atoms with Crippen LogP contribution in [0.2, 0.25) is 0 Å². The van der Waals surface area contributed by atoms with Gasteiger partial charge in [0.15, 0.2) is 0 Å². The van der Waals surface area contributed by atoms with Gasteiger partial charge in [0, 0.05) is 0 Å². The van der Waals surface area contributed by atoms with E-state index in [1.807, 2.05) is 25.1 Å². The number of carboxylic acid groups (broad SMARTS) is 1. The van der Waals surface area contributed by atoms with Gasteiger partial charge in [-0.3, -0.25) is 4.79 Å². The molecule has 1 aromatic carbocycles. The van der Waals surface area contributed by atoms with Gasteiger partial charge in [-0.25, -0.2) is 0 Å². The van der Waals surface area contributed by atoms with Crippen LogP contribution in [-0.4, -0.2) is 24.8 Å². The summed E-state index contributed by atoms with van der Waals surface area (Å²) in [4.78, 5) is 12.0. The monoisotopic (exact) mass is 278 g/mol. The number of ether oxygens (including phenoxy) is 2. The lowest BCUT2D eigenvalue weighted by Crippen LogP contribution is -2.38. The molecule has 0 amide bonds. The minimum absolute atomic E-state index is 0.510. The number of hydrogen-bond acceptors (Lipinski definition) is 3. The third-order valence-electron chi connectivity index (χ3n) is 4.10. The van der Waals surface area contributed by atoms with E-state index in [0.717, 1.165) is 19.3 Å². The molecule has 4 nitrogen and oxygen atoms in total. The van der Waals surface area contributed by atoms with Gasteiger partial charge in [0.25, 0.3) is 0 Å². The summed E-state index contributed by atoms with van der Waals surface area (Å²) in [6.07, 6.45) is 4.23. The maximum atomic E-state index is 12.0. The number of aliphatic carboxylic acids is 1. The number of hydrogen-bond donors (Lipinski definition) is 1. The first-order valence-corrected chi connectivity index (χ1v) is 7.19. The highest BCUT2D eigenvalue weighted by molar-refractivity contribution is 5.84. The van der Waals surface area contributed by atoms with Crippen molar-refractivity contribution in [3.8, 4) is 11.5 Å². The third-order valence-corrected chi connectivity index (χ3v) is 4.10. The summed E-state index contributed by atoms with van der Waals surface area (Å²) < 4.78 is 11.1. The van der Waals surface area contributed by atoms with E-state index in [-0.39, 0.29) is 0 Å². The number of rotatable bonds is 5. The minimum atomic E-state index is -0.880. The molecule has 110 valence electrons. The van der Waals surface area contributed by atoms with E-state index in [1.54, 1.807) is 7.11 Å². The predicted octanol–water partition coefficient (Wildman–Crippen LogP) is 3.38. The molecule has 1 saturated carbocycles. The summed E-state index contributed by atoms with van der Waals surface area (Å²) >= 11 is 0. The first-order valence-electron chi connectivity index (χ1n) is 7.19. The zero-order chi connectivity index (χ0) is 14.6. The lowest BCUT2D eigenvalue weighted by Gasteiger charge is -2.35. The molecule has 0 atom stereocenters. The molecule has 0 saturated heterocycles. The second kappa shape index (κ2) is 6.16. The standard InChI is InChI=1S/C16H22O4/c1-3-20-13-9-7-8-12(19-2)14(13)16(15(17)18)10-5-4-6-11-16/h7-9H,3-6,10-11H2,1-2H3,(H,17,18). The Kier molecular flexibility index (Phi) is 4.53. The van der Waals surface area contributed by atoms with Gasteiger partial charge < -0.3 is 14.6 Å². The van der Waals surface area contributed by atoms with Crippen molar-refractivity contribution in [2.24, 2.45) is 0 Å². The van der Waals surface area contributed by atoms with Crippen LogP contribution in [0.3, 0.4) is 0 Å². The van der Waals surface area contributed by atoms with Gasteiger partial charge in [-0.1, -0.05) is 25.3 Å². The van der Waals surface area contributed by atoms with Crippen LogP contribution in [-0.2, 0) is 10.2 Å². The molecule has 2 rings (SSSR count). The average molecular weight is 278 g/mol. The fourth-order valence-corrected chi connectivity index (χ4v) is 3.15. The molecule has 0 radical (unpaired) electrons. The topological polar surface area (TPSA) is 55.8 Å². The first kappa shape index (κ1) is 14.7. The molecule has 1 N–H and O–H groups in total. The second-order valence-electron chi connectivity index (χ2n) is 5.21. The van der Waals surface area contributed by atoms with Crippen molar-refractivity contribution >= 4 is 5.97 Å². The van der Waals surface area contributed by atoms with Crippen molar-refractivity contribution in [3.05, 3.63) is 23.8 Å². The van der Waals surface area contributed by atoms with Crippen LogP contribution < -0.4 is 9.47 Å². The first-order chi connectivity index (χ1) is 9.65. The summed E-state index contributed by atoms with van der Waals surface area (Å²) in [7, 11) is 1.58. The van der Waals surface area contributed by atoms with Crippen molar-refractivity contribution in [2.45, 2.75) is 44.4 Å². The normalized spacial score (nSPS) is 17.5. The van der Waals surface area contributed by atoms with E-state index in [1.165, 1.54) is 0 Å². The van der Waals surface area contributed by atoms with Crippen LogP contribution in [0.5, 0.6) is 11.5 Å². The van der Waals surface area contributed by atoms with Crippen LogP contribution in [0.15, 0.2) is 18.2 Å². The van der Waals surface area contributed by atoms with Gasteiger partial charge in [0.1, 0.15) is 11.5 Å². The largest absolute Gasteiger partial charge is 0.496 e. The van der Waals surface area contributed by atoms with Gasteiger partial charge in [-0.2, -0.15) is 0 Å². The Labute approximate surface area is 119 Å². The van der Waals surface area contributed by atoms with Gasteiger partial charge in [-0.05, 0) is 31.9 Å². The molecule has 0 bridgehead atoms. The highest BCUT2D eigenvalue weighted by Crippen LogP contribution is 2.47. The Morgan fingerprint density at radius 1 is 1.25 bits per heavy atom. The average Bonchev–Trinajstić information content (AvgIpc) is 2.48. The molecular weight excluding hydrogens is 256 g/mol. The van der Waals surface area contributed by atoms with Crippen molar-refractivity contribution in [1.29, 1.82) is 0 Å². The summed E-state index contributed by atoms with van der Waals surface area (Å²) in [6, 6.07) is 5.49. The lowest BCUT2D eigenvalue weighted by molar-refractivity contribution is -0.145. The summed E-state index contributed by atoms with van der Waals surface area (Å²) in [5.41, 5.74) is -0.174. The van der Waals surface area contributed by atoms with Crippen LogP contribution in [0.1, 0.15) is 44.6 Å². The molecule has 20 heavy (non-hydrogen) atoms. The number of carboxylic acids is 1. The van der Waals surface area contributed by atoms with Crippen LogP contribution >= 0.6 is 0 Å². The smallest absolute Gasteiger partial charge is 0.314 e. The molecule has 0 heterocycles. The van der Waals surface area contributed by atoms with Crippen LogP contribution in [0.4, 0.5) is 0 Å². The quantitative estimate of drug-likeness (QED) is 0.897. The van der Waals surface area contributed by atoms with Crippen molar-refractivity contribution in [3.63, 3.8) is 0 Å². The van der Waals surface area contributed by atoms with Crippen molar-refractivity contribution in [2.75, 3.05) is 13.7 Å². The highest BCUT2D eigenvalue weighted by atomic mass is 16.5. The Balaban J connectivity index is 2.59. The molecule has 0 aliphatic heterocycles. The predicted molar refractivity (Wildman–Crippen MR) is 76.6 cm³/mol. The molecule has 1 aliphatic rings. The SMILES string of the molecule is CCOc1cccc(OC)c1C1(C(=O)O)CCCCC1. The van der Waals surface area contributed by atoms with Crippen LogP contribution in [0.25, 0.3) is 0 Å². The van der Waals surface area contributed by atoms with E-state index < -0.39 is 11.4 Å². The summed E-state index contributed by atoms with van der Waals surface area (Å²) in [5.74, 6) is 0.471. The van der Waals surface area contributed by atoms with Gasteiger partial charge in [0.05, 0.1) is 24.7 Å². The van der Waals surface area contributed by atoms with Gasteiger partial charge in [-0.15, -0.1) is 0 Å². The summed E-state index contributed by atoms with van der Waals surface area (Å²) in [5, 5.41) is 9.84. The molecular formula is C16H22O4. The van der Waals surface area contributed by atoms with E-state index in [0.29, 0.717) is 36.5 Å². The maximum Gasteiger partial charge on any atom is 0.314 e. The minimum Gasteiger partial charge on any atom is -0.496 e. The second-order valence-corrected chi connectivity index (χ2v) is 5.21. The number of methoxy groups -OCH3 is 1. The molecule has 1 aromatic rings. The third kappa shape index (κ3) is 2.47. The molecule has 0 unspecified atom stereocenters. The summed E-state index contributed by atoms with van der Waals surface area (Å²) in [6.45, 7) is 2.41. The van der Waals surface area contributed by atoms with Crippen molar-refractivity contribution < 1.29 is 19.4 Å². The molecule has 0 spiro atoms. The Hall–Kier alpha value is -1.71. The Bertz CT molecular complexity index is 475. The van der Waals surface area contributed by atoms with E-state index in [9.17, 15) is 9.90 Å². The molecule has 1 aliphatic carbocycles. The zero-order valence-electron chi connectivity index (χ0n) is 12.1. The fourth-order valence-electron chi connectivity index (χ4n) is 3.15. The number of carbonyl (C=O) groups is 1. The Morgan fingerprint density at radius 2 is 1.90 bits per heavy atom. The van der Waals surface area contributed by atoms with E-state index in [2.05, 4.69) is 0 Å². The zero-order valence-corrected chi connectivity index (χ0v) is 12.1. The van der Waals surface area contributed by atoms with Crippen LogP contribution in [0, 0.1) is 0 Å².